The van der Waals surface area contributed by atoms with Crippen LogP contribution < -0.4 is 4.72 Å². The van der Waals surface area contributed by atoms with E-state index in [1.807, 2.05) is 30.3 Å². The second-order valence-corrected chi connectivity index (χ2v) is 9.16. The third kappa shape index (κ3) is 7.38. The molecule has 8 nitrogen and oxygen atoms in total. The van der Waals surface area contributed by atoms with Crippen molar-refractivity contribution >= 4 is 33.3 Å². The van der Waals surface area contributed by atoms with E-state index in [9.17, 15) is 13.2 Å². The minimum Gasteiger partial charge on any atom is -0.481 e. The molecule has 0 bridgehead atoms. The zero-order valence-corrected chi connectivity index (χ0v) is 19.1. The van der Waals surface area contributed by atoms with Gasteiger partial charge in [0.25, 0.3) is 0 Å². The molecule has 0 aliphatic carbocycles. The van der Waals surface area contributed by atoms with E-state index in [2.05, 4.69) is 14.9 Å². The van der Waals surface area contributed by atoms with Crippen LogP contribution in [0, 0.1) is 0 Å². The molecule has 3 aromatic rings. The van der Waals surface area contributed by atoms with E-state index >= 15 is 0 Å². The van der Waals surface area contributed by atoms with E-state index in [0.29, 0.717) is 17.2 Å². The quantitative estimate of drug-likeness (QED) is 0.243. The number of oxime groups is 1. The van der Waals surface area contributed by atoms with Crippen molar-refractivity contribution in [3.05, 3.63) is 94.8 Å². The average Bonchev–Trinajstić information content (AvgIpc) is 2.80. The third-order valence-corrected chi connectivity index (χ3v) is 6.28. The van der Waals surface area contributed by atoms with Gasteiger partial charge in [0.2, 0.25) is 10.0 Å². The van der Waals surface area contributed by atoms with Crippen LogP contribution in [0.1, 0.15) is 23.1 Å². The number of benzene rings is 2. The summed E-state index contributed by atoms with van der Waals surface area (Å²) in [7, 11) is -3.62. The van der Waals surface area contributed by atoms with E-state index < -0.39 is 16.0 Å². The molecule has 0 radical (unpaired) electrons. The molecule has 0 atom stereocenters. The summed E-state index contributed by atoms with van der Waals surface area (Å²) in [6, 6.07) is 17.0. The van der Waals surface area contributed by atoms with E-state index in [1.54, 1.807) is 18.5 Å². The number of sulfonamides is 1. The maximum absolute atomic E-state index is 12.4. The van der Waals surface area contributed by atoms with Gasteiger partial charge in [-0.05, 0) is 48.4 Å². The Morgan fingerprint density at radius 1 is 1.06 bits per heavy atom. The van der Waals surface area contributed by atoms with Gasteiger partial charge in [0.1, 0.15) is 12.3 Å². The van der Waals surface area contributed by atoms with Gasteiger partial charge in [-0.25, -0.2) is 13.1 Å². The minimum absolute atomic E-state index is 0.0507. The first-order valence-electron chi connectivity index (χ1n) is 10.0. The van der Waals surface area contributed by atoms with Gasteiger partial charge in [0, 0.05) is 35.1 Å². The number of nitrogens with zero attached hydrogens (tertiary/aromatic N) is 2. The molecule has 1 aromatic heterocycles. The SMILES string of the molecule is O=C(O)CCO/N=C(\c1ccc(CCNS(=O)(=O)c2ccc(Cl)cc2)cc1)c1cccnc1. The van der Waals surface area contributed by atoms with Gasteiger partial charge in [-0.2, -0.15) is 0 Å². The number of hydrogen-bond acceptors (Lipinski definition) is 6. The number of halogens is 1. The van der Waals surface area contributed by atoms with Crippen molar-refractivity contribution in [3.63, 3.8) is 0 Å². The fraction of sp³-hybridized carbons (Fsp3) is 0.174. The molecule has 172 valence electrons. The molecular formula is C23H22ClN3O5S. The summed E-state index contributed by atoms with van der Waals surface area (Å²) >= 11 is 5.81. The Kier molecular flexibility index (Phi) is 8.53. The van der Waals surface area contributed by atoms with Crippen molar-refractivity contribution in [2.75, 3.05) is 13.2 Å². The van der Waals surface area contributed by atoms with Crippen LogP contribution in [0.5, 0.6) is 0 Å². The van der Waals surface area contributed by atoms with Crippen LogP contribution in [-0.4, -0.2) is 43.3 Å². The smallest absolute Gasteiger partial charge is 0.306 e. The lowest BCUT2D eigenvalue weighted by Crippen LogP contribution is -2.25. The molecule has 2 N–H and O–H groups in total. The van der Waals surface area contributed by atoms with E-state index in [-0.39, 0.29) is 24.5 Å². The molecule has 3 rings (SSSR count). The van der Waals surface area contributed by atoms with Crippen molar-refractivity contribution in [1.29, 1.82) is 0 Å². The third-order valence-electron chi connectivity index (χ3n) is 4.56. The fourth-order valence-corrected chi connectivity index (χ4v) is 4.03. The highest BCUT2D eigenvalue weighted by Gasteiger charge is 2.13. The molecular weight excluding hydrogens is 466 g/mol. The van der Waals surface area contributed by atoms with Gasteiger partial charge in [-0.1, -0.05) is 41.0 Å². The average molecular weight is 488 g/mol. The molecule has 0 aliphatic heterocycles. The van der Waals surface area contributed by atoms with E-state index in [4.69, 9.17) is 21.5 Å². The van der Waals surface area contributed by atoms with Crippen LogP contribution in [-0.2, 0) is 26.1 Å². The Bertz CT molecular complexity index is 1200. The van der Waals surface area contributed by atoms with Crippen LogP contribution in [0.25, 0.3) is 0 Å². The van der Waals surface area contributed by atoms with Crippen LogP contribution >= 0.6 is 11.6 Å². The molecule has 0 unspecified atom stereocenters. The lowest BCUT2D eigenvalue weighted by atomic mass is 10.0. The zero-order valence-electron chi connectivity index (χ0n) is 17.5. The number of hydrogen-bond donors (Lipinski definition) is 2. The minimum atomic E-state index is -3.62. The highest BCUT2D eigenvalue weighted by Crippen LogP contribution is 2.15. The Morgan fingerprint density at radius 2 is 1.79 bits per heavy atom. The summed E-state index contributed by atoms with van der Waals surface area (Å²) in [4.78, 5) is 20.1. The second kappa shape index (κ2) is 11.6. The number of rotatable bonds is 11. The van der Waals surface area contributed by atoms with Crippen molar-refractivity contribution in [2.45, 2.75) is 17.7 Å². The van der Waals surface area contributed by atoms with Gasteiger partial charge < -0.3 is 9.94 Å². The molecule has 1 heterocycles. The van der Waals surface area contributed by atoms with Crippen molar-refractivity contribution in [2.24, 2.45) is 5.16 Å². The number of aromatic nitrogens is 1. The second-order valence-electron chi connectivity index (χ2n) is 6.96. The highest BCUT2D eigenvalue weighted by atomic mass is 35.5. The predicted molar refractivity (Wildman–Crippen MR) is 125 cm³/mol. The van der Waals surface area contributed by atoms with E-state index in [0.717, 1.165) is 16.7 Å². The lowest BCUT2D eigenvalue weighted by Gasteiger charge is -2.09. The van der Waals surface area contributed by atoms with Crippen LogP contribution in [0.4, 0.5) is 0 Å². The first-order chi connectivity index (χ1) is 15.8. The summed E-state index contributed by atoms with van der Waals surface area (Å²) in [5.74, 6) is -0.968. The normalized spacial score (nSPS) is 11.8. The highest BCUT2D eigenvalue weighted by molar-refractivity contribution is 7.89. The van der Waals surface area contributed by atoms with Crippen molar-refractivity contribution in [1.82, 2.24) is 9.71 Å². The molecule has 0 saturated carbocycles. The Balaban J connectivity index is 1.65. The molecule has 10 heteroatoms. The molecule has 0 aliphatic rings. The monoisotopic (exact) mass is 487 g/mol. The molecule has 2 aromatic carbocycles. The number of pyridine rings is 1. The standard InChI is InChI=1S/C23H22ClN3O5S/c24-20-7-9-21(10-8-20)33(30,31)26-14-11-17-3-5-18(6-4-17)23(19-2-1-13-25-16-19)27-32-15-12-22(28)29/h1-10,13,16,26H,11-12,14-15H2,(H,28,29)/b27-23+. The maximum Gasteiger partial charge on any atom is 0.306 e. The van der Waals surface area contributed by atoms with Crippen molar-refractivity contribution < 1.29 is 23.2 Å². The number of aliphatic carboxylic acids is 1. The molecule has 0 fully saturated rings. The summed E-state index contributed by atoms with van der Waals surface area (Å²) in [5, 5.41) is 13.3. The maximum atomic E-state index is 12.4. The first kappa shape index (κ1) is 24.4. The first-order valence-corrected chi connectivity index (χ1v) is 11.9. The number of carboxylic acid groups (broad SMARTS) is 1. The van der Waals surface area contributed by atoms with Crippen LogP contribution in [0.2, 0.25) is 5.02 Å². The Hall–Kier alpha value is -3.27. The Morgan fingerprint density at radius 3 is 2.42 bits per heavy atom. The van der Waals surface area contributed by atoms with Gasteiger partial charge in [-0.15, -0.1) is 0 Å². The summed E-state index contributed by atoms with van der Waals surface area (Å²) in [6.07, 6.45) is 3.61. The van der Waals surface area contributed by atoms with Gasteiger partial charge in [0.05, 0.1) is 11.3 Å². The van der Waals surface area contributed by atoms with E-state index in [1.165, 1.54) is 24.3 Å². The fourth-order valence-electron chi connectivity index (χ4n) is 2.87. The number of carboxylic acids is 1. The molecule has 0 saturated heterocycles. The molecule has 0 amide bonds. The summed E-state index contributed by atoms with van der Waals surface area (Å²) in [5.41, 5.74) is 2.92. The number of carbonyl (C=O) groups is 1. The summed E-state index contributed by atoms with van der Waals surface area (Å²) in [6.45, 7) is 0.178. The predicted octanol–water partition coefficient (Wildman–Crippen LogP) is 3.50. The van der Waals surface area contributed by atoms with Crippen LogP contribution in [0.15, 0.2) is 83.1 Å². The number of nitrogens with one attached hydrogen (secondary N) is 1. The topological polar surface area (TPSA) is 118 Å². The molecule has 0 spiro atoms. The Labute approximate surface area is 196 Å². The summed E-state index contributed by atoms with van der Waals surface area (Å²) < 4.78 is 27.3. The van der Waals surface area contributed by atoms with Gasteiger partial charge >= 0.3 is 5.97 Å². The largest absolute Gasteiger partial charge is 0.481 e. The lowest BCUT2D eigenvalue weighted by molar-refractivity contribution is -0.138. The molecule has 33 heavy (non-hydrogen) atoms. The van der Waals surface area contributed by atoms with Crippen molar-refractivity contribution in [3.8, 4) is 0 Å². The van der Waals surface area contributed by atoms with Gasteiger partial charge in [-0.3, -0.25) is 9.78 Å². The van der Waals surface area contributed by atoms with Gasteiger partial charge in [0.15, 0.2) is 0 Å². The zero-order chi connectivity index (χ0) is 23.7. The van der Waals surface area contributed by atoms with Crippen LogP contribution in [0.3, 0.4) is 0 Å².